The fraction of sp³-hybridized carbons (Fsp3) is 0.286. The minimum atomic E-state index is -0.734. The smallest absolute Gasteiger partial charge is 0.261 e. The minimum absolute atomic E-state index is 0.218. The van der Waals surface area contributed by atoms with Gasteiger partial charge in [0.2, 0.25) is 5.91 Å². The largest absolute Gasteiger partial charge is 0.482 e. The van der Waals surface area contributed by atoms with E-state index in [1.807, 2.05) is 75.4 Å². The van der Waals surface area contributed by atoms with Crippen molar-refractivity contribution in [3.05, 3.63) is 99.5 Å². The van der Waals surface area contributed by atoms with Crippen molar-refractivity contribution in [2.45, 2.75) is 45.3 Å². The van der Waals surface area contributed by atoms with Crippen LogP contribution in [-0.4, -0.2) is 34.9 Å². The Hall–Kier alpha value is -2.83. The number of carbonyl (C=O) groups excluding carboxylic acids is 2. The number of para-hydroxylation sites is 1. The third-order valence-electron chi connectivity index (χ3n) is 5.22. The second-order valence-corrected chi connectivity index (χ2v) is 10.6. The average molecular weight is 558 g/mol. The summed E-state index contributed by atoms with van der Waals surface area (Å²) in [6.07, 6.45) is 0.372. The lowest BCUT2D eigenvalue weighted by atomic mass is 10.0. The number of nitrogens with one attached hydrogen (secondary N) is 1. The highest BCUT2D eigenvalue weighted by Crippen LogP contribution is 2.24. The number of hydrogen-bond acceptors (Lipinski definition) is 3. The molecular formula is C28H30BrClN2O3. The quantitative estimate of drug-likeness (QED) is 0.349. The fourth-order valence-corrected chi connectivity index (χ4v) is 4.03. The van der Waals surface area contributed by atoms with Crippen molar-refractivity contribution >= 4 is 39.3 Å². The van der Waals surface area contributed by atoms with Crippen LogP contribution >= 0.6 is 27.5 Å². The normalized spacial score (nSPS) is 12.0. The van der Waals surface area contributed by atoms with Gasteiger partial charge in [0.1, 0.15) is 11.8 Å². The zero-order chi connectivity index (χ0) is 25.4. The third kappa shape index (κ3) is 8.41. The summed E-state index contributed by atoms with van der Waals surface area (Å²) < 4.78 is 6.69. The molecule has 0 heterocycles. The van der Waals surface area contributed by atoms with Gasteiger partial charge in [0.25, 0.3) is 5.91 Å². The molecule has 0 fully saturated rings. The Bertz CT molecular complexity index is 1130. The van der Waals surface area contributed by atoms with Gasteiger partial charge < -0.3 is 15.0 Å². The molecule has 35 heavy (non-hydrogen) atoms. The number of hydrogen-bond donors (Lipinski definition) is 1. The first-order valence-corrected chi connectivity index (χ1v) is 12.6. The molecule has 3 rings (SSSR count). The van der Waals surface area contributed by atoms with Crippen molar-refractivity contribution in [3.8, 4) is 5.75 Å². The molecule has 0 aliphatic rings. The molecule has 2 amide bonds. The summed E-state index contributed by atoms with van der Waals surface area (Å²) in [4.78, 5) is 28.7. The van der Waals surface area contributed by atoms with E-state index in [1.165, 1.54) is 0 Å². The first-order chi connectivity index (χ1) is 16.6. The second kappa shape index (κ2) is 12.2. The van der Waals surface area contributed by atoms with Crippen LogP contribution in [0.2, 0.25) is 5.02 Å². The van der Waals surface area contributed by atoms with Gasteiger partial charge in [0.05, 0.1) is 5.02 Å². The van der Waals surface area contributed by atoms with E-state index in [0.29, 0.717) is 17.2 Å². The van der Waals surface area contributed by atoms with E-state index in [1.54, 1.807) is 29.2 Å². The summed E-state index contributed by atoms with van der Waals surface area (Å²) in [5, 5.41) is 3.47. The maximum atomic E-state index is 13.6. The van der Waals surface area contributed by atoms with Crippen LogP contribution in [-0.2, 0) is 22.6 Å². The minimum Gasteiger partial charge on any atom is -0.482 e. The lowest BCUT2D eigenvalue weighted by molar-refractivity contribution is -0.143. The summed E-state index contributed by atoms with van der Waals surface area (Å²) in [6, 6.07) is 23.7. The Labute approximate surface area is 220 Å². The summed E-state index contributed by atoms with van der Waals surface area (Å²) in [7, 11) is 0. The Morgan fingerprint density at radius 3 is 2.20 bits per heavy atom. The molecule has 0 radical (unpaired) electrons. The van der Waals surface area contributed by atoms with Crippen LogP contribution in [0, 0.1) is 0 Å². The number of nitrogens with zero attached hydrogens (tertiary/aromatic N) is 1. The number of benzene rings is 3. The van der Waals surface area contributed by atoms with E-state index in [-0.39, 0.29) is 25.0 Å². The predicted molar refractivity (Wildman–Crippen MR) is 143 cm³/mol. The molecule has 1 atom stereocenters. The van der Waals surface area contributed by atoms with Crippen LogP contribution in [0.1, 0.15) is 31.9 Å². The van der Waals surface area contributed by atoms with Crippen LogP contribution in [0.25, 0.3) is 0 Å². The van der Waals surface area contributed by atoms with Gasteiger partial charge in [-0.1, -0.05) is 82.1 Å². The van der Waals surface area contributed by atoms with Gasteiger partial charge >= 0.3 is 0 Å². The first-order valence-electron chi connectivity index (χ1n) is 11.4. The molecule has 0 bridgehead atoms. The molecule has 1 unspecified atom stereocenters. The molecule has 184 valence electrons. The highest BCUT2D eigenvalue weighted by Gasteiger charge is 2.32. The zero-order valence-corrected chi connectivity index (χ0v) is 22.5. The number of halogens is 2. The molecule has 1 N–H and O–H groups in total. The summed E-state index contributed by atoms with van der Waals surface area (Å²) in [5.41, 5.74) is 1.41. The average Bonchev–Trinajstić information content (AvgIpc) is 2.81. The molecule has 0 aromatic heterocycles. The lowest BCUT2D eigenvalue weighted by Gasteiger charge is -2.33. The van der Waals surface area contributed by atoms with E-state index < -0.39 is 11.6 Å². The van der Waals surface area contributed by atoms with Gasteiger partial charge in [-0.15, -0.1) is 0 Å². The van der Waals surface area contributed by atoms with Gasteiger partial charge in [-0.25, -0.2) is 0 Å². The van der Waals surface area contributed by atoms with Crippen LogP contribution in [0.15, 0.2) is 83.3 Å². The van der Waals surface area contributed by atoms with E-state index in [4.69, 9.17) is 16.3 Å². The third-order valence-corrected chi connectivity index (χ3v) is 6.06. The van der Waals surface area contributed by atoms with Gasteiger partial charge in [0, 0.05) is 23.0 Å². The number of carbonyl (C=O) groups is 2. The summed E-state index contributed by atoms with van der Waals surface area (Å²) >= 11 is 9.66. The SMILES string of the molecule is CC(C)(C)NC(=O)C(Cc1ccccc1)N(Cc1ccc(Br)cc1)C(=O)COc1ccccc1Cl. The number of ether oxygens (including phenoxy) is 1. The van der Waals surface area contributed by atoms with Crippen LogP contribution in [0.4, 0.5) is 0 Å². The number of rotatable bonds is 9. The van der Waals surface area contributed by atoms with Crippen molar-refractivity contribution in [2.75, 3.05) is 6.61 Å². The van der Waals surface area contributed by atoms with Crippen molar-refractivity contribution < 1.29 is 14.3 Å². The summed E-state index contributed by atoms with van der Waals surface area (Å²) in [6.45, 7) is 5.78. The Kier molecular flexibility index (Phi) is 9.35. The Balaban J connectivity index is 1.93. The fourth-order valence-electron chi connectivity index (χ4n) is 3.58. The molecule has 7 heteroatoms. The number of amides is 2. The highest BCUT2D eigenvalue weighted by molar-refractivity contribution is 9.10. The monoisotopic (exact) mass is 556 g/mol. The van der Waals surface area contributed by atoms with E-state index in [9.17, 15) is 9.59 Å². The maximum absolute atomic E-state index is 13.6. The van der Waals surface area contributed by atoms with Crippen molar-refractivity contribution in [2.24, 2.45) is 0 Å². The van der Waals surface area contributed by atoms with E-state index in [0.717, 1.165) is 15.6 Å². The lowest BCUT2D eigenvalue weighted by Crippen LogP contribution is -2.55. The summed E-state index contributed by atoms with van der Waals surface area (Å²) in [5.74, 6) is -0.104. The topological polar surface area (TPSA) is 58.6 Å². The molecular weight excluding hydrogens is 528 g/mol. The van der Waals surface area contributed by atoms with Gasteiger partial charge in [-0.05, 0) is 56.2 Å². The molecule has 0 saturated heterocycles. The highest BCUT2D eigenvalue weighted by atomic mass is 79.9. The zero-order valence-electron chi connectivity index (χ0n) is 20.1. The van der Waals surface area contributed by atoms with Crippen LogP contribution in [0.3, 0.4) is 0 Å². The molecule has 0 saturated carbocycles. The van der Waals surface area contributed by atoms with Crippen molar-refractivity contribution in [1.29, 1.82) is 0 Å². The molecule has 0 aliphatic carbocycles. The maximum Gasteiger partial charge on any atom is 0.261 e. The Morgan fingerprint density at radius 1 is 0.943 bits per heavy atom. The molecule has 5 nitrogen and oxygen atoms in total. The van der Waals surface area contributed by atoms with E-state index in [2.05, 4.69) is 21.2 Å². The van der Waals surface area contributed by atoms with Crippen LogP contribution < -0.4 is 10.1 Å². The Morgan fingerprint density at radius 2 is 1.57 bits per heavy atom. The van der Waals surface area contributed by atoms with Gasteiger partial charge in [0.15, 0.2) is 6.61 Å². The molecule has 0 aliphatic heterocycles. The van der Waals surface area contributed by atoms with Crippen molar-refractivity contribution in [3.63, 3.8) is 0 Å². The predicted octanol–water partition coefficient (Wildman–Crippen LogP) is 6.04. The first kappa shape index (κ1) is 26.8. The molecule has 3 aromatic rings. The van der Waals surface area contributed by atoms with Crippen LogP contribution in [0.5, 0.6) is 5.75 Å². The van der Waals surface area contributed by atoms with E-state index >= 15 is 0 Å². The van der Waals surface area contributed by atoms with Gasteiger partial charge in [-0.2, -0.15) is 0 Å². The molecule has 0 spiro atoms. The molecule has 3 aromatic carbocycles. The van der Waals surface area contributed by atoms with Gasteiger partial charge in [-0.3, -0.25) is 9.59 Å². The second-order valence-electron chi connectivity index (χ2n) is 9.31. The van der Waals surface area contributed by atoms with Crippen molar-refractivity contribution in [1.82, 2.24) is 10.2 Å². The standard InChI is InChI=1S/C28H30BrClN2O3/c1-28(2,3)31-27(34)24(17-20-9-5-4-6-10-20)32(18-21-13-15-22(29)16-14-21)26(33)19-35-25-12-8-7-11-23(25)30/h4-16,24H,17-19H2,1-3H3,(H,31,34).